The van der Waals surface area contributed by atoms with E-state index in [1.54, 1.807) is 29.4 Å². The van der Waals surface area contributed by atoms with Crippen LogP contribution in [0.4, 0.5) is 0 Å². The van der Waals surface area contributed by atoms with Crippen LogP contribution in [0.2, 0.25) is 0 Å². The number of aryl methyl sites for hydroxylation is 2. The monoisotopic (exact) mass is 286 g/mol. The van der Waals surface area contributed by atoms with Gasteiger partial charge in [-0.2, -0.15) is 0 Å². The molecule has 0 saturated carbocycles. The van der Waals surface area contributed by atoms with Crippen molar-refractivity contribution in [2.24, 2.45) is 0 Å². The van der Waals surface area contributed by atoms with E-state index in [1.807, 2.05) is 0 Å². The summed E-state index contributed by atoms with van der Waals surface area (Å²) in [5.74, 6) is 0.698. The highest BCUT2D eigenvalue weighted by Crippen LogP contribution is 2.36. The first kappa shape index (κ1) is 13.1. The fourth-order valence-corrected chi connectivity index (χ4v) is 4.25. The molecule has 0 aliphatic heterocycles. The molecule has 0 bridgehead atoms. The van der Waals surface area contributed by atoms with Gasteiger partial charge in [0.05, 0.1) is 0 Å². The minimum absolute atomic E-state index is 0.491. The number of nitrogens with zero attached hydrogens (tertiary/aromatic N) is 2. The highest BCUT2D eigenvalue weighted by molar-refractivity contribution is 8.00. The summed E-state index contributed by atoms with van der Waals surface area (Å²) in [5, 5.41) is 2.81. The molecule has 0 amide bonds. The molecule has 2 aromatic rings. The number of halogens is 1. The molecule has 0 saturated heterocycles. The second kappa shape index (κ2) is 5.55. The Morgan fingerprint density at radius 2 is 2.18 bits per heavy atom. The Kier molecular flexibility index (Phi) is 4.28. The van der Waals surface area contributed by atoms with E-state index in [4.69, 9.17) is 11.6 Å². The first-order chi connectivity index (χ1) is 8.13. The van der Waals surface area contributed by atoms with Gasteiger partial charge in [-0.15, -0.1) is 34.7 Å². The minimum Gasteiger partial charge on any atom is -0.229 e. The topological polar surface area (TPSA) is 25.8 Å². The predicted octanol–water partition coefficient (Wildman–Crippen LogP) is 4.42. The number of rotatable bonds is 4. The van der Waals surface area contributed by atoms with Crippen LogP contribution in [0.25, 0.3) is 10.2 Å². The summed E-state index contributed by atoms with van der Waals surface area (Å²) >= 11 is 9.31. The largest absolute Gasteiger partial charge is 0.229 e. The molecule has 2 aromatic heterocycles. The van der Waals surface area contributed by atoms with Crippen molar-refractivity contribution in [2.75, 3.05) is 5.88 Å². The fraction of sp³-hybridized carbons (Fsp3) is 0.500. The van der Waals surface area contributed by atoms with Gasteiger partial charge in [0.15, 0.2) is 0 Å². The SMILES string of the molecule is Cc1sc2ncnc(SC(C)CCCl)c2c1C. The van der Waals surface area contributed by atoms with Gasteiger partial charge < -0.3 is 0 Å². The number of thioether (sulfide) groups is 1. The summed E-state index contributed by atoms with van der Waals surface area (Å²) in [6.45, 7) is 6.47. The molecule has 2 heterocycles. The molecular formula is C12H15ClN2S2. The molecule has 0 aromatic carbocycles. The molecular weight excluding hydrogens is 272 g/mol. The van der Waals surface area contributed by atoms with Crippen molar-refractivity contribution < 1.29 is 0 Å². The van der Waals surface area contributed by atoms with E-state index in [0.29, 0.717) is 11.1 Å². The Labute approximate surface area is 115 Å². The quantitative estimate of drug-likeness (QED) is 0.473. The lowest BCUT2D eigenvalue weighted by Gasteiger charge is -2.09. The predicted molar refractivity (Wildman–Crippen MR) is 77.5 cm³/mol. The molecule has 0 aliphatic carbocycles. The molecule has 0 N–H and O–H groups in total. The lowest BCUT2D eigenvalue weighted by molar-refractivity contribution is 0.908. The third-order valence-electron chi connectivity index (χ3n) is 2.76. The van der Waals surface area contributed by atoms with E-state index in [2.05, 4.69) is 30.7 Å². The molecule has 2 rings (SSSR count). The zero-order valence-corrected chi connectivity index (χ0v) is 12.5. The van der Waals surface area contributed by atoms with E-state index >= 15 is 0 Å². The van der Waals surface area contributed by atoms with Crippen LogP contribution < -0.4 is 0 Å². The number of aromatic nitrogens is 2. The van der Waals surface area contributed by atoms with Gasteiger partial charge in [0.2, 0.25) is 0 Å². The average molecular weight is 287 g/mol. The molecule has 0 radical (unpaired) electrons. The first-order valence-electron chi connectivity index (χ1n) is 5.56. The van der Waals surface area contributed by atoms with Crippen LogP contribution in [-0.2, 0) is 0 Å². The summed E-state index contributed by atoms with van der Waals surface area (Å²) in [7, 11) is 0. The van der Waals surface area contributed by atoms with Crippen LogP contribution in [-0.4, -0.2) is 21.1 Å². The number of hydrogen-bond donors (Lipinski definition) is 0. The van der Waals surface area contributed by atoms with Crippen LogP contribution in [0.15, 0.2) is 11.4 Å². The van der Waals surface area contributed by atoms with Crippen LogP contribution >= 0.6 is 34.7 Å². The molecule has 2 nitrogen and oxygen atoms in total. The van der Waals surface area contributed by atoms with Crippen molar-refractivity contribution in [1.29, 1.82) is 0 Å². The Bertz CT molecular complexity index is 524. The van der Waals surface area contributed by atoms with E-state index in [9.17, 15) is 0 Å². The number of hydrogen-bond acceptors (Lipinski definition) is 4. The normalized spacial score (nSPS) is 13.2. The molecule has 5 heteroatoms. The maximum Gasteiger partial charge on any atom is 0.128 e. The zero-order chi connectivity index (χ0) is 12.4. The standard InChI is InChI=1S/C12H15ClN2S2/c1-7(4-5-13)16-11-10-8(2)9(3)17-12(10)15-6-14-11/h6-7H,4-5H2,1-3H3. The van der Waals surface area contributed by atoms with Gasteiger partial charge in [-0.3, -0.25) is 0 Å². The average Bonchev–Trinajstić information content (AvgIpc) is 2.56. The van der Waals surface area contributed by atoms with E-state index in [1.165, 1.54) is 15.8 Å². The van der Waals surface area contributed by atoms with E-state index < -0.39 is 0 Å². The second-order valence-electron chi connectivity index (χ2n) is 4.05. The number of alkyl halides is 1. The molecule has 1 unspecified atom stereocenters. The van der Waals surface area contributed by atoms with Gasteiger partial charge in [-0.05, 0) is 25.8 Å². The van der Waals surface area contributed by atoms with Crippen molar-refractivity contribution >= 4 is 44.9 Å². The van der Waals surface area contributed by atoms with Crippen molar-refractivity contribution in [3.8, 4) is 0 Å². The molecule has 1 atom stereocenters. The van der Waals surface area contributed by atoms with Crippen molar-refractivity contribution in [1.82, 2.24) is 9.97 Å². The van der Waals surface area contributed by atoms with Crippen LogP contribution in [0.5, 0.6) is 0 Å². The van der Waals surface area contributed by atoms with Crippen LogP contribution in [0.1, 0.15) is 23.8 Å². The van der Waals surface area contributed by atoms with Crippen molar-refractivity contribution in [3.05, 3.63) is 16.8 Å². The Balaban J connectivity index is 2.40. The maximum atomic E-state index is 5.77. The van der Waals surface area contributed by atoms with E-state index in [-0.39, 0.29) is 0 Å². The second-order valence-corrected chi connectivity index (χ2v) is 7.06. The summed E-state index contributed by atoms with van der Waals surface area (Å²) in [5.41, 5.74) is 1.31. The zero-order valence-electron chi connectivity index (χ0n) is 10.2. The molecule has 0 spiro atoms. The lowest BCUT2D eigenvalue weighted by Crippen LogP contribution is -1.98. The van der Waals surface area contributed by atoms with Gasteiger partial charge in [0.25, 0.3) is 0 Å². The highest BCUT2D eigenvalue weighted by Gasteiger charge is 2.14. The summed E-state index contributed by atoms with van der Waals surface area (Å²) < 4.78 is 0. The molecule has 92 valence electrons. The van der Waals surface area contributed by atoms with Crippen LogP contribution in [0, 0.1) is 13.8 Å². The first-order valence-corrected chi connectivity index (χ1v) is 7.80. The summed E-state index contributed by atoms with van der Waals surface area (Å²) in [6, 6.07) is 0. The van der Waals surface area contributed by atoms with Gasteiger partial charge in [-0.1, -0.05) is 6.92 Å². The summed E-state index contributed by atoms with van der Waals surface area (Å²) in [4.78, 5) is 11.2. The Morgan fingerprint density at radius 3 is 2.88 bits per heavy atom. The maximum absolute atomic E-state index is 5.77. The Hall–Kier alpha value is -0.320. The van der Waals surface area contributed by atoms with Gasteiger partial charge in [0, 0.05) is 21.4 Å². The third-order valence-corrected chi connectivity index (χ3v) is 5.26. The van der Waals surface area contributed by atoms with Crippen LogP contribution in [0.3, 0.4) is 0 Å². The van der Waals surface area contributed by atoms with E-state index in [0.717, 1.165) is 16.3 Å². The Morgan fingerprint density at radius 1 is 1.41 bits per heavy atom. The molecule has 0 aliphatic rings. The molecule has 17 heavy (non-hydrogen) atoms. The fourth-order valence-electron chi connectivity index (χ4n) is 1.64. The number of fused-ring (bicyclic) bond motifs is 1. The third kappa shape index (κ3) is 2.75. The van der Waals surface area contributed by atoms with Crippen molar-refractivity contribution in [2.45, 2.75) is 37.5 Å². The molecule has 0 fully saturated rings. The minimum atomic E-state index is 0.491. The lowest BCUT2D eigenvalue weighted by atomic mass is 10.2. The van der Waals surface area contributed by atoms with Crippen molar-refractivity contribution in [3.63, 3.8) is 0 Å². The summed E-state index contributed by atoms with van der Waals surface area (Å²) in [6.07, 6.45) is 2.66. The van der Waals surface area contributed by atoms with Gasteiger partial charge >= 0.3 is 0 Å². The van der Waals surface area contributed by atoms with Gasteiger partial charge in [0.1, 0.15) is 16.2 Å². The van der Waals surface area contributed by atoms with Gasteiger partial charge in [-0.25, -0.2) is 9.97 Å². The smallest absolute Gasteiger partial charge is 0.128 e. The number of thiophene rings is 1. The highest BCUT2D eigenvalue weighted by atomic mass is 35.5.